The van der Waals surface area contributed by atoms with E-state index in [9.17, 15) is 43.5 Å². The van der Waals surface area contributed by atoms with Crippen LogP contribution in [0.1, 0.15) is 84.9 Å². The smallest absolute Gasteiger partial charge is 0.330 e. The molecule has 4 amide bonds. The number of aromatic hydroxyl groups is 1. The fraction of sp³-hybridized carbons (Fsp3) is 0.528. The molecule has 2 fully saturated rings. The Balaban J connectivity index is 1.22. The van der Waals surface area contributed by atoms with E-state index in [2.05, 4.69) is 33.3 Å². The van der Waals surface area contributed by atoms with Gasteiger partial charge in [0.15, 0.2) is 12.1 Å². The molecule has 7 atom stereocenters. The highest BCUT2D eigenvalue weighted by molar-refractivity contribution is 7.90. The number of esters is 2. The van der Waals surface area contributed by atoms with Crippen molar-refractivity contribution in [2.45, 2.75) is 129 Å². The number of carbonyl (C=O) groups excluding carboxylic acids is 6. The van der Waals surface area contributed by atoms with Crippen molar-refractivity contribution in [1.29, 1.82) is 0 Å². The van der Waals surface area contributed by atoms with Crippen molar-refractivity contribution < 1.29 is 53.0 Å². The number of phenols is 1. The van der Waals surface area contributed by atoms with Crippen LogP contribution in [0.2, 0.25) is 0 Å². The van der Waals surface area contributed by atoms with Crippen molar-refractivity contribution in [2.24, 2.45) is 11.3 Å². The molecule has 0 spiro atoms. The van der Waals surface area contributed by atoms with Crippen molar-refractivity contribution >= 4 is 57.8 Å². The first kappa shape index (κ1) is 54.7. The predicted octanol–water partition coefficient (Wildman–Crippen LogP) is 3.87. The third-order valence-corrected chi connectivity index (χ3v) is 15.7. The zero-order valence-electron chi connectivity index (χ0n) is 43.7. The maximum Gasteiger partial charge on any atom is 0.330 e. The maximum absolute atomic E-state index is 14.8. The van der Waals surface area contributed by atoms with Gasteiger partial charge < -0.3 is 43.9 Å². The molecule has 73 heavy (non-hydrogen) atoms. The Bertz CT molecular complexity index is 2770. The molecule has 0 aliphatic carbocycles. The molecule has 7 rings (SSSR count). The zero-order valence-corrected chi connectivity index (χ0v) is 44.5. The standard InChI is InChI=1S/C53H70N8O11S/c1-12-59-41-16-15-32-24-36(41)37(44(59)38-26-54-18-17-33(38)28-62)25-53(7,8)29-72-50(68)39-14-13-19-60(56-39)48(66)40(22-31-20-34(32)23-35(63)21-31)55-47(65)43(30(2)3)58(10)42(64)27-57(9)49(67)45-46(51(69)71-11)61(45)73(70)52(4,5)6/h15-18,20-21,23-24,26,30,39-40,43,45-46,56,62-63H,12-14,19,22,25,27-29H2,1-11H3,(H,55,65)/t39-,40-,43-,45-,46+,61?,73?/m0/s1. The van der Waals surface area contributed by atoms with E-state index in [-0.39, 0.29) is 31.9 Å². The average molecular weight is 1030 g/mol. The monoisotopic (exact) mass is 1030 g/mol. The number of fused-ring (bicyclic) bond motifs is 6. The molecule has 2 aromatic carbocycles. The molecule has 3 aliphatic heterocycles. The van der Waals surface area contributed by atoms with Gasteiger partial charge in [0.05, 0.1) is 32.6 Å². The summed E-state index contributed by atoms with van der Waals surface area (Å²) in [7, 11) is 3.99. The number of nitrogens with zero attached hydrogens (tertiary/aromatic N) is 6. The number of cyclic esters (lactones) is 1. The van der Waals surface area contributed by atoms with E-state index < -0.39 is 99.8 Å². The van der Waals surface area contributed by atoms with E-state index in [1.54, 1.807) is 59.1 Å². The van der Waals surface area contributed by atoms with Crippen LogP contribution in [0, 0.1) is 11.3 Å². The number of aliphatic hydroxyl groups is 1. The van der Waals surface area contributed by atoms with Gasteiger partial charge in [0.1, 0.15) is 28.6 Å². The maximum atomic E-state index is 14.8. The third kappa shape index (κ3) is 11.5. The Morgan fingerprint density at radius 1 is 1.07 bits per heavy atom. The second kappa shape index (κ2) is 21.8. The fourth-order valence-corrected chi connectivity index (χ4v) is 11.5. The summed E-state index contributed by atoms with van der Waals surface area (Å²) >= 11 is -1.74. The average Bonchev–Trinajstić information content (AvgIpc) is 4.02. The van der Waals surface area contributed by atoms with Gasteiger partial charge in [0.2, 0.25) is 17.7 Å². The quantitative estimate of drug-likeness (QED) is 0.0896. The Kier molecular flexibility index (Phi) is 16.3. The fourth-order valence-electron chi connectivity index (χ4n) is 10.1. The van der Waals surface area contributed by atoms with E-state index in [1.807, 2.05) is 32.0 Å². The van der Waals surface area contributed by atoms with Gasteiger partial charge in [-0.2, -0.15) is 0 Å². The van der Waals surface area contributed by atoms with Gasteiger partial charge in [0.25, 0.3) is 5.91 Å². The predicted molar refractivity (Wildman–Crippen MR) is 274 cm³/mol. The second-order valence-electron chi connectivity index (χ2n) is 21.4. The molecule has 3 aliphatic rings. The highest BCUT2D eigenvalue weighted by Gasteiger charge is 2.68. The topological polar surface area (TPSA) is 239 Å². The van der Waals surface area contributed by atoms with E-state index in [4.69, 9.17) is 9.47 Å². The number of methoxy groups -OCH3 is 1. The summed E-state index contributed by atoms with van der Waals surface area (Å²) < 4.78 is 26.9. The van der Waals surface area contributed by atoms with Crippen molar-refractivity contribution in [1.82, 2.24) is 39.4 Å². The lowest BCUT2D eigenvalue weighted by Crippen LogP contribution is -2.62. The highest BCUT2D eigenvalue weighted by atomic mass is 32.2. The van der Waals surface area contributed by atoms with Crippen molar-refractivity contribution in [3.63, 3.8) is 0 Å². The number of rotatable bonds is 12. The summed E-state index contributed by atoms with van der Waals surface area (Å²) in [5, 5.41) is 27.0. The molecule has 4 aromatic rings. The van der Waals surface area contributed by atoms with Crippen molar-refractivity contribution in [3.8, 4) is 28.1 Å². The number of nitrogens with one attached hydrogen (secondary N) is 2. The first-order valence-corrected chi connectivity index (χ1v) is 25.9. The molecule has 394 valence electrons. The number of aliphatic hydroxyl groups excluding tert-OH is 1. The minimum Gasteiger partial charge on any atom is -0.597 e. The largest absolute Gasteiger partial charge is 0.597 e. The van der Waals surface area contributed by atoms with Crippen LogP contribution in [-0.4, -0.2) is 155 Å². The van der Waals surface area contributed by atoms with Crippen LogP contribution in [0.5, 0.6) is 5.75 Å². The molecule has 19 nitrogen and oxygen atoms in total. The van der Waals surface area contributed by atoms with E-state index in [0.717, 1.165) is 38.2 Å². The Labute approximate surface area is 429 Å². The van der Waals surface area contributed by atoms with Crippen LogP contribution in [0.4, 0.5) is 0 Å². The van der Waals surface area contributed by atoms with Gasteiger partial charge in [-0.3, -0.25) is 38.8 Å². The molecule has 0 radical (unpaired) electrons. The second-order valence-corrected chi connectivity index (χ2v) is 23.6. The van der Waals surface area contributed by atoms with Crippen LogP contribution in [0.15, 0.2) is 54.9 Å². The number of pyridine rings is 1. The van der Waals surface area contributed by atoms with Gasteiger partial charge in [-0.15, -0.1) is 0 Å². The lowest BCUT2D eigenvalue weighted by atomic mass is 9.84. The normalized spacial score (nSPS) is 21.9. The number of amides is 4. The number of phenolic OH excluding ortho intramolecular Hbond substituents is 1. The number of aromatic nitrogens is 2. The first-order valence-electron chi connectivity index (χ1n) is 24.8. The lowest BCUT2D eigenvalue weighted by molar-refractivity contribution is -0.155. The summed E-state index contributed by atoms with van der Waals surface area (Å²) in [6.45, 7) is 14.9. The number of carbonyl (C=O) groups is 6. The van der Waals surface area contributed by atoms with E-state index >= 15 is 0 Å². The minimum absolute atomic E-state index is 0.0440. The molecule has 4 N–H and O–H groups in total. The van der Waals surface area contributed by atoms with Crippen LogP contribution in [-0.2, 0) is 75.6 Å². The van der Waals surface area contributed by atoms with Gasteiger partial charge in [0, 0.05) is 79.2 Å². The molecule has 20 heteroatoms. The van der Waals surface area contributed by atoms with Gasteiger partial charge >= 0.3 is 11.9 Å². The molecule has 2 unspecified atom stereocenters. The van der Waals surface area contributed by atoms with E-state index in [1.165, 1.54) is 41.5 Å². The number of benzene rings is 2. The van der Waals surface area contributed by atoms with Crippen molar-refractivity contribution in [3.05, 3.63) is 71.5 Å². The number of ether oxygens (including phenoxy) is 2. The van der Waals surface area contributed by atoms with Crippen LogP contribution >= 0.6 is 0 Å². The molecule has 5 heterocycles. The molecule has 6 bridgehead atoms. The molecular formula is C53H70N8O11S. The van der Waals surface area contributed by atoms with Crippen molar-refractivity contribution in [2.75, 3.05) is 40.9 Å². The zero-order chi connectivity index (χ0) is 53.4. The minimum atomic E-state index is -1.74. The summed E-state index contributed by atoms with van der Waals surface area (Å²) in [4.78, 5) is 90.6. The SMILES string of the molecule is CCn1c(-c2cnccc2CO)c2c3cc(ccc31)-c1cc(O)cc(c1)C[C@H](NC(=O)[C@H](C(C)C)N(C)C(=O)CN(C)C(=O)[C@@H]1[C@H](C(=O)OC)N1[S+]([O-])C(C)(C)C)C(=O)N1CCC[C@H](N1)C(=O)OCC(C)(C)C2. The summed E-state index contributed by atoms with van der Waals surface area (Å²) in [5.74, 6) is -4.31. The first-order chi connectivity index (χ1) is 34.4. The highest BCUT2D eigenvalue weighted by Crippen LogP contribution is 2.42. The lowest BCUT2D eigenvalue weighted by Gasteiger charge is -2.37. The number of hydrazine groups is 1. The number of aryl methyl sites for hydroxylation is 1. The van der Waals surface area contributed by atoms with Gasteiger partial charge in [-0.1, -0.05) is 44.1 Å². The van der Waals surface area contributed by atoms with E-state index in [0.29, 0.717) is 42.5 Å². The Hall–Kier alpha value is -6.06. The number of hydrogen-bond donors (Lipinski definition) is 4. The molecule has 0 saturated carbocycles. The third-order valence-electron chi connectivity index (χ3n) is 13.8. The molecule has 2 saturated heterocycles. The summed E-state index contributed by atoms with van der Waals surface area (Å²) in [6, 6.07) is 7.34. The van der Waals surface area contributed by atoms with Gasteiger partial charge in [-0.25, -0.2) is 5.43 Å². The van der Waals surface area contributed by atoms with Crippen LogP contribution in [0.3, 0.4) is 0 Å². The molecular weight excluding hydrogens is 957 g/mol. The van der Waals surface area contributed by atoms with Crippen LogP contribution in [0.25, 0.3) is 33.3 Å². The molecule has 2 aromatic heterocycles. The number of hydrogen-bond acceptors (Lipinski definition) is 14. The van der Waals surface area contributed by atoms with Gasteiger partial charge in [-0.05, 0) is 111 Å². The Morgan fingerprint density at radius 2 is 1.79 bits per heavy atom. The van der Waals surface area contributed by atoms with Crippen LogP contribution < -0.4 is 10.7 Å². The Morgan fingerprint density at radius 3 is 2.45 bits per heavy atom. The number of likely N-dealkylation sites (N-methyl/N-ethyl adjacent to an activating group) is 2. The summed E-state index contributed by atoms with van der Waals surface area (Å²) in [5.41, 5.74) is 8.67. The summed E-state index contributed by atoms with van der Waals surface area (Å²) in [6.07, 6.45) is 4.61.